The van der Waals surface area contributed by atoms with Gasteiger partial charge in [0.2, 0.25) is 5.91 Å². The first-order valence-corrected chi connectivity index (χ1v) is 7.78. The topological polar surface area (TPSA) is 54.5 Å². The van der Waals surface area contributed by atoms with E-state index in [-0.39, 0.29) is 5.91 Å². The average Bonchev–Trinajstić information content (AvgIpc) is 2.51. The van der Waals surface area contributed by atoms with Crippen LogP contribution in [0.5, 0.6) is 0 Å². The highest BCUT2D eigenvalue weighted by atomic mass is 16.5. The molecule has 0 bridgehead atoms. The Morgan fingerprint density at radius 3 is 2.77 bits per heavy atom. The van der Waals surface area contributed by atoms with Crippen molar-refractivity contribution in [3.8, 4) is 0 Å². The maximum atomic E-state index is 12.2. The fraction of sp³-hybridized carbons (Fsp3) is 0.625. The molecule has 5 nitrogen and oxygen atoms in total. The van der Waals surface area contributed by atoms with Crippen LogP contribution < -0.4 is 10.8 Å². The number of hydrogen-bond donors (Lipinski definition) is 1. The predicted molar refractivity (Wildman–Crippen MR) is 88.4 cm³/mol. The number of rotatable bonds is 5. The van der Waals surface area contributed by atoms with E-state index in [9.17, 15) is 4.79 Å². The Kier molecular flexibility index (Phi) is 5.59. The van der Waals surface area contributed by atoms with Gasteiger partial charge >= 0.3 is 0 Å². The van der Waals surface area contributed by atoms with E-state index < -0.39 is 5.41 Å². The number of carbonyl (C=O) groups is 1. The van der Waals surface area contributed by atoms with Gasteiger partial charge in [0.25, 0.3) is 0 Å². The molecule has 1 aromatic heterocycles. The van der Waals surface area contributed by atoms with Crippen molar-refractivity contribution >= 4 is 25.0 Å². The van der Waals surface area contributed by atoms with E-state index in [2.05, 4.69) is 15.2 Å². The van der Waals surface area contributed by atoms with E-state index in [0.717, 1.165) is 44.8 Å². The lowest BCUT2D eigenvalue weighted by Crippen LogP contribution is -2.37. The zero-order valence-electron chi connectivity index (χ0n) is 13.7. The van der Waals surface area contributed by atoms with Crippen LogP contribution in [0, 0.1) is 5.41 Å². The van der Waals surface area contributed by atoms with Crippen molar-refractivity contribution in [3.63, 3.8) is 0 Å². The van der Waals surface area contributed by atoms with E-state index >= 15 is 0 Å². The predicted octanol–water partition coefficient (Wildman–Crippen LogP) is 1.08. The summed E-state index contributed by atoms with van der Waals surface area (Å²) in [7, 11) is 6.02. The summed E-state index contributed by atoms with van der Waals surface area (Å²) in [6.45, 7) is 9.89. The van der Waals surface area contributed by atoms with Gasteiger partial charge in [-0.05, 0) is 18.1 Å². The van der Waals surface area contributed by atoms with Gasteiger partial charge < -0.3 is 10.1 Å². The molecule has 0 unspecified atom stereocenters. The van der Waals surface area contributed by atoms with Crippen LogP contribution in [0.15, 0.2) is 12.3 Å². The molecule has 1 aliphatic rings. The van der Waals surface area contributed by atoms with Crippen LogP contribution in [0.4, 0.5) is 5.82 Å². The van der Waals surface area contributed by atoms with Gasteiger partial charge in [-0.1, -0.05) is 26.2 Å². The average molecular weight is 301 g/mol. The summed E-state index contributed by atoms with van der Waals surface area (Å²) in [4.78, 5) is 18.8. The molecule has 0 aliphatic carbocycles. The summed E-state index contributed by atoms with van der Waals surface area (Å²) >= 11 is 0. The molecule has 0 saturated carbocycles. The molecule has 2 heterocycles. The second kappa shape index (κ2) is 7.25. The number of nitrogens with zero attached hydrogens (tertiary/aromatic N) is 2. The Morgan fingerprint density at radius 2 is 2.14 bits per heavy atom. The molecule has 0 aromatic carbocycles. The lowest BCUT2D eigenvalue weighted by Gasteiger charge is -2.27. The van der Waals surface area contributed by atoms with Crippen LogP contribution >= 0.6 is 0 Å². The number of hydrogen-bond acceptors (Lipinski definition) is 4. The van der Waals surface area contributed by atoms with E-state index in [1.165, 1.54) is 0 Å². The summed E-state index contributed by atoms with van der Waals surface area (Å²) in [6.07, 6.45) is 2.39. The molecule has 6 heteroatoms. The number of morpholine rings is 1. The van der Waals surface area contributed by atoms with Crippen LogP contribution in [-0.2, 0) is 16.1 Å². The van der Waals surface area contributed by atoms with Gasteiger partial charge in [0.05, 0.1) is 13.2 Å². The number of aromatic nitrogens is 1. The summed E-state index contributed by atoms with van der Waals surface area (Å²) in [5.41, 5.74) is 1.23. The molecular weight excluding hydrogens is 277 g/mol. The van der Waals surface area contributed by atoms with Crippen molar-refractivity contribution < 1.29 is 9.53 Å². The quantitative estimate of drug-likeness (QED) is 0.827. The molecular formula is C16H24BN3O2. The van der Waals surface area contributed by atoms with Crippen LogP contribution in [-0.4, -0.2) is 49.9 Å². The van der Waals surface area contributed by atoms with Crippen molar-refractivity contribution in [1.29, 1.82) is 0 Å². The molecule has 2 radical (unpaired) electrons. The van der Waals surface area contributed by atoms with Gasteiger partial charge in [-0.15, -0.1) is 0 Å². The Bertz CT molecular complexity index is 528. The Labute approximate surface area is 133 Å². The summed E-state index contributed by atoms with van der Waals surface area (Å²) in [5, 5.41) is 2.89. The highest BCUT2D eigenvalue weighted by Crippen LogP contribution is 2.21. The Hall–Kier alpha value is -1.40. The molecule has 1 aromatic rings. The first kappa shape index (κ1) is 17.0. The third kappa shape index (κ3) is 4.30. The van der Waals surface area contributed by atoms with Crippen molar-refractivity contribution in [2.75, 3.05) is 31.6 Å². The highest BCUT2D eigenvalue weighted by Gasteiger charge is 2.25. The molecule has 22 heavy (non-hydrogen) atoms. The SMILES string of the molecule is [B]c1cnc(NC(=O)C(C)(C)CC)cc1CN1CCOCC1. The molecule has 1 fully saturated rings. The fourth-order valence-corrected chi connectivity index (χ4v) is 2.16. The maximum Gasteiger partial charge on any atom is 0.231 e. The van der Waals surface area contributed by atoms with Crippen molar-refractivity contribution in [3.05, 3.63) is 17.8 Å². The third-order valence-electron chi connectivity index (χ3n) is 4.26. The molecule has 1 amide bonds. The van der Waals surface area contributed by atoms with Crippen molar-refractivity contribution in [2.45, 2.75) is 33.7 Å². The number of amides is 1. The molecule has 1 aliphatic heterocycles. The molecule has 0 spiro atoms. The third-order valence-corrected chi connectivity index (χ3v) is 4.26. The lowest BCUT2D eigenvalue weighted by atomic mass is 9.89. The normalized spacial score (nSPS) is 16.5. The van der Waals surface area contributed by atoms with Crippen LogP contribution in [0.1, 0.15) is 32.8 Å². The largest absolute Gasteiger partial charge is 0.379 e. The summed E-state index contributed by atoms with van der Waals surface area (Å²) < 4.78 is 5.35. The second-order valence-corrected chi connectivity index (χ2v) is 6.35. The van der Waals surface area contributed by atoms with Gasteiger partial charge in [0.15, 0.2) is 0 Å². The lowest BCUT2D eigenvalue weighted by molar-refractivity contribution is -0.124. The molecule has 1 N–H and O–H groups in total. The highest BCUT2D eigenvalue weighted by molar-refractivity contribution is 6.33. The van der Waals surface area contributed by atoms with Gasteiger partial charge in [0.1, 0.15) is 13.7 Å². The van der Waals surface area contributed by atoms with Gasteiger partial charge in [0, 0.05) is 31.2 Å². The number of anilines is 1. The van der Waals surface area contributed by atoms with Gasteiger partial charge in [-0.25, -0.2) is 4.98 Å². The van der Waals surface area contributed by atoms with E-state index in [1.54, 1.807) is 6.20 Å². The van der Waals surface area contributed by atoms with E-state index in [0.29, 0.717) is 11.3 Å². The first-order valence-electron chi connectivity index (χ1n) is 7.78. The minimum Gasteiger partial charge on any atom is -0.379 e. The zero-order chi connectivity index (χ0) is 16.2. The smallest absolute Gasteiger partial charge is 0.231 e. The number of pyridine rings is 1. The molecule has 2 rings (SSSR count). The number of carbonyl (C=O) groups excluding carboxylic acids is 1. The van der Waals surface area contributed by atoms with Crippen molar-refractivity contribution in [1.82, 2.24) is 9.88 Å². The minimum atomic E-state index is -0.409. The zero-order valence-corrected chi connectivity index (χ0v) is 13.7. The van der Waals surface area contributed by atoms with Crippen LogP contribution in [0.25, 0.3) is 0 Å². The maximum absolute atomic E-state index is 12.2. The van der Waals surface area contributed by atoms with Gasteiger partial charge in [-0.3, -0.25) is 9.69 Å². The Morgan fingerprint density at radius 1 is 1.45 bits per heavy atom. The monoisotopic (exact) mass is 301 g/mol. The summed E-state index contributed by atoms with van der Waals surface area (Å²) in [6, 6.07) is 1.87. The van der Waals surface area contributed by atoms with Crippen LogP contribution in [0.3, 0.4) is 0 Å². The minimum absolute atomic E-state index is 0.0235. The number of ether oxygens (including phenoxy) is 1. The second-order valence-electron chi connectivity index (χ2n) is 6.35. The first-order chi connectivity index (χ1) is 10.4. The standard InChI is InChI=1S/C16H24BN3O2/c1-4-16(2,3)15(21)19-14-9-12(13(17)10-18-14)11-20-5-7-22-8-6-20/h9-10H,4-8,11H2,1-3H3,(H,18,19,21). The summed E-state index contributed by atoms with van der Waals surface area (Å²) in [5.74, 6) is 0.536. The van der Waals surface area contributed by atoms with E-state index in [1.807, 2.05) is 26.8 Å². The fourth-order valence-electron chi connectivity index (χ4n) is 2.16. The van der Waals surface area contributed by atoms with E-state index in [4.69, 9.17) is 12.6 Å². The molecule has 0 atom stereocenters. The number of nitrogens with one attached hydrogen (secondary N) is 1. The van der Waals surface area contributed by atoms with Crippen LogP contribution in [0.2, 0.25) is 0 Å². The molecule has 118 valence electrons. The molecule has 1 saturated heterocycles. The van der Waals surface area contributed by atoms with Gasteiger partial charge in [-0.2, -0.15) is 0 Å². The Balaban J connectivity index is 2.07. The van der Waals surface area contributed by atoms with Crippen molar-refractivity contribution in [2.24, 2.45) is 5.41 Å².